The van der Waals surface area contributed by atoms with Gasteiger partial charge in [-0.25, -0.2) is 0 Å². The number of thioether (sulfide) groups is 1. The molecule has 1 aromatic heterocycles. The molecule has 2 rings (SSSR count). The lowest BCUT2D eigenvalue weighted by Crippen LogP contribution is -2.40. The molecule has 0 radical (unpaired) electrons. The van der Waals surface area contributed by atoms with E-state index in [1.54, 1.807) is 18.0 Å². The van der Waals surface area contributed by atoms with Gasteiger partial charge in [0.1, 0.15) is 0 Å². The third-order valence-corrected chi connectivity index (χ3v) is 4.68. The highest BCUT2D eigenvalue weighted by atomic mass is 35.5. The van der Waals surface area contributed by atoms with Crippen LogP contribution in [0, 0.1) is 0 Å². The van der Waals surface area contributed by atoms with Crippen molar-refractivity contribution in [3.8, 4) is 0 Å². The van der Waals surface area contributed by atoms with Crippen LogP contribution in [-0.2, 0) is 5.75 Å². The van der Waals surface area contributed by atoms with Crippen molar-refractivity contribution in [2.24, 2.45) is 5.73 Å². The summed E-state index contributed by atoms with van der Waals surface area (Å²) in [5, 5.41) is 2.98. The number of amides is 1. The van der Waals surface area contributed by atoms with Crippen molar-refractivity contribution in [3.63, 3.8) is 0 Å². The van der Waals surface area contributed by atoms with Crippen molar-refractivity contribution in [1.82, 2.24) is 5.32 Å². The molecule has 132 valence electrons. The van der Waals surface area contributed by atoms with Gasteiger partial charge >= 0.3 is 0 Å². The highest BCUT2D eigenvalue weighted by molar-refractivity contribution is 7.98. The molecule has 1 unspecified atom stereocenters. The molecule has 0 aliphatic rings. The van der Waals surface area contributed by atoms with Crippen molar-refractivity contribution in [2.45, 2.75) is 42.9 Å². The van der Waals surface area contributed by atoms with Crippen LogP contribution in [0.4, 0.5) is 0 Å². The molecule has 0 spiro atoms. The predicted molar refractivity (Wildman–Crippen MR) is 102 cm³/mol. The SMILES string of the molecule is CCCCC(CN)NC(=O)c1occc1CSc1ccccc1.Cl. The first-order valence-corrected chi connectivity index (χ1v) is 8.98. The Bertz CT molecular complexity index is 604. The summed E-state index contributed by atoms with van der Waals surface area (Å²) in [6.45, 7) is 2.57. The summed E-state index contributed by atoms with van der Waals surface area (Å²) in [6, 6.07) is 12.0. The Kier molecular flexibility index (Phi) is 9.60. The molecule has 2 aromatic rings. The maximum Gasteiger partial charge on any atom is 0.287 e. The molecule has 1 heterocycles. The number of nitrogens with two attached hydrogens (primary N) is 1. The fraction of sp³-hybridized carbons (Fsp3) is 0.389. The summed E-state index contributed by atoms with van der Waals surface area (Å²) in [5.74, 6) is 0.916. The van der Waals surface area contributed by atoms with Crippen LogP contribution in [0.3, 0.4) is 0 Å². The second-order valence-electron chi connectivity index (χ2n) is 5.43. The minimum absolute atomic E-state index is 0. The molecule has 1 atom stereocenters. The highest BCUT2D eigenvalue weighted by Gasteiger charge is 2.18. The first-order valence-electron chi connectivity index (χ1n) is 7.99. The number of carbonyl (C=O) groups excluding carboxylic acids is 1. The Hall–Kier alpha value is -1.43. The predicted octanol–water partition coefficient (Wildman–Crippen LogP) is 4.24. The molecule has 4 nitrogen and oxygen atoms in total. The van der Waals surface area contributed by atoms with Crippen LogP contribution in [0.1, 0.15) is 42.3 Å². The average molecular weight is 369 g/mol. The molecule has 0 fully saturated rings. The van der Waals surface area contributed by atoms with E-state index in [1.165, 1.54) is 4.90 Å². The van der Waals surface area contributed by atoms with Gasteiger partial charge in [0.15, 0.2) is 5.76 Å². The summed E-state index contributed by atoms with van der Waals surface area (Å²) >= 11 is 1.68. The van der Waals surface area contributed by atoms with Gasteiger partial charge in [-0.15, -0.1) is 24.2 Å². The lowest BCUT2D eigenvalue weighted by Gasteiger charge is -2.16. The zero-order chi connectivity index (χ0) is 16.5. The first kappa shape index (κ1) is 20.6. The van der Waals surface area contributed by atoms with Crippen LogP contribution < -0.4 is 11.1 Å². The van der Waals surface area contributed by atoms with E-state index < -0.39 is 0 Å². The molecular formula is C18H25ClN2O2S. The zero-order valence-electron chi connectivity index (χ0n) is 13.9. The van der Waals surface area contributed by atoms with Crippen LogP contribution in [0.15, 0.2) is 52.0 Å². The number of furan rings is 1. The normalized spacial score (nSPS) is 11.6. The van der Waals surface area contributed by atoms with E-state index in [2.05, 4.69) is 24.4 Å². The van der Waals surface area contributed by atoms with Crippen molar-refractivity contribution < 1.29 is 9.21 Å². The van der Waals surface area contributed by atoms with Gasteiger partial charge in [-0.2, -0.15) is 0 Å². The number of benzene rings is 1. The first-order chi connectivity index (χ1) is 11.2. The van der Waals surface area contributed by atoms with Gasteiger partial charge in [0.05, 0.1) is 6.26 Å². The zero-order valence-corrected chi connectivity index (χ0v) is 15.5. The van der Waals surface area contributed by atoms with E-state index in [4.69, 9.17) is 10.2 Å². The van der Waals surface area contributed by atoms with Crippen LogP contribution in [0.25, 0.3) is 0 Å². The summed E-state index contributed by atoms with van der Waals surface area (Å²) in [7, 11) is 0. The van der Waals surface area contributed by atoms with Crippen molar-refractivity contribution in [3.05, 3.63) is 54.0 Å². The second-order valence-corrected chi connectivity index (χ2v) is 6.47. The van der Waals surface area contributed by atoms with Gasteiger partial charge in [0, 0.05) is 28.8 Å². The van der Waals surface area contributed by atoms with Gasteiger partial charge in [0.2, 0.25) is 0 Å². The molecule has 24 heavy (non-hydrogen) atoms. The molecule has 6 heteroatoms. The lowest BCUT2D eigenvalue weighted by molar-refractivity contribution is 0.0906. The Morgan fingerprint density at radius 1 is 1.29 bits per heavy atom. The van der Waals surface area contributed by atoms with E-state index in [0.717, 1.165) is 24.8 Å². The molecule has 0 aliphatic carbocycles. The minimum atomic E-state index is -0.176. The standard InChI is InChI=1S/C18H24N2O2S.ClH/c1-2-3-7-15(12-19)20-18(21)17-14(10-11-22-17)13-23-16-8-5-4-6-9-16;/h4-6,8-11,15H,2-3,7,12-13,19H2,1H3,(H,20,21);1H. The fourth-order valence-electron chi connectivity index (χ4n) is 2.28. The number of carbonyl (C=O) groups is 1. The number of rotatable bonds is 9. The molecular weight excluding hydrogens is 344 g/mol. The van der Waals surface area contributed by atoms with Crippen LogP contribution in [0.5, 0.6) is 0 Å². The summed E-state index contributed by atoms with van der Waals surface area (Å²) in [5.41, 5.74) is 6.64. The number of unbranched alkanes of at least 4 members (excludes halogenated alkanes) is 1. The van der Waals surface area contributed by atoms with Gasteiger partial charge < -0.3 is 15.5 Å². The number of nitrogens with one attached hydrogen (secondary N) is 1. The van der Waals surface area contributed by atoms with Gasteiger partial charge in [-0.1, -0.05) is 38.0 Å². The lowest BCUT2D eigenvalue weighted by atomic mass is 10.1. The van der Waals surface area contributed by atoms with E-state index in [-0.39, 0.29) is 24.4 Å². The largest absolute Gasteiger partial charge is 0.459 e. The quantitative estimate of drug-likeness (QED) is 0.649. The Morgan fingerprint density at radius 3 is 2.71 bits per heavy atom. The third-order valence-electron chi connectivity index (χ3n) is 3.62. The molecule has 1 amide bonds. The second kappa shape index (κ2) is 11.2. The van der Waals surface area contributed by atoms with E-state index in [0.29, 0.717) is 18.1 Å². The molecule has 0 saturated heterocycles. The summed E-state index contributed by atoms with van der Waals surface area (Å²) in [4.78, 5) is 13.6. The minimum Gasteiger partial charge on any atom is -0.459 e. The molecule has 0 bridgehead atoms. The number of hydrogen-bond acceptors (Lipinski definition) is 4. The Labute approximate surface area is 154 Å². The van der Waals surface area contributed by atoms with Crippen LogP contribution in [0.2, 0.25) is 0 Å². The van der Waals surface area contributed by atoms with Gasteiger partial charge in [0.25, 0.3) is 5.91 Å². The van der Waals surface area contributed by atoms with Gasteiger partial charge in [-0.3, -0.25) is 4.79 Å². The monoisotopic (exact) mass is 368 g/mol. The Morgan fingerprint density at radius 2 is 2.04 bits per heavy atom. The molecule has 0 aliphatic heterocycles. The summed E-state index contributed by atoms with van der Waals surface area (Å²) < 4.78 is 5.40. The fourth-order valence-corrected chi connectivity index (χ4v) is 3.18. The maximum absolute atomic E-state index is 12.4. The van der Waals surface area contributed by atoms with E-state index >= 15 is 0 Å². The topological polar surface area (TPSA) is 68.3 Å². The smallest absolute Gasteiger partial charge is 0.287 e. The van der Waals surface area contributed by atoms with E-state index in [9.17, 15) is 4.79 Å². The number of halogens is 1. The molecule has 1 aromatic carbocycles. The maximum atomic E-state index is 12.4. The van der Waals surface area contributed by atoms with Crippen molar-refractivity contribution >= 4 is 30.1 Å². The van der Waals surface area contributed by atoms with Crippen LogP contribution in [-0.4, -0.2) is 18.5 Å². The molecule has 3 N–H and O–H groups in total. The number of hydrogen-bond donors (Lipinski definition) is 2. The average Bonchev–Trinajstić information content (AvgIpc) is 3.06. The third kappa shape index (κ3) is 6.23. The van der Waals surface area contributed by atoms with Crippen molar-refractivity contribution in [1.29, 1.82) is 0 Å². The highest BCUT2D eigenvalue weighted by Crippen LogP contribution is 2.24. The molecule has 0 saturated carbocycles. The van der Waals surface area contributed by atoms with E-state index in [1.807, 2.05) is 24.3 Å². The van der Waals surface area contributed by atoms with Crippen LogP contribution >= 0.6 is 24.2 Å². The summed E-state index contributed by atoms with van der Waals surface area (Å²) in [6.07, 6.45) is 4.61. The Balaban J connectivity index is 0.00000288. The van der Waals surface area contributed by atoms with Crippen molar-refractivity contribution in [2.75, 3.05) is 6.54 Å². The van der Waals surface area contributed by atoms with Gasteiger partial charge in [-0.05, 0) is 24.6 Å².